The number of rotatable bonds is 7. The van der Waals surface area contributed by atoms with Crippen LogP contribution in [0.4, 0.5) is 0 Å². The van der Waals surface area contributed by atoms with Gasteiger partial charge in [0.1, 0.15) is 0 Å². The molecule has 1 aliphatic rings. The zero-order chi connectivity index (χ0) is 14.5. The summed E-state index contributed by atoms with van der Waals surface area (Å²) in [5.74, 6) is -1.78. The molecule has 0 aromatic carbocycles. The third-order valence-electron chi connectivity index (χ3n) is 3.34. The van der Waals surface area contributed by atoms with E-state index in [0.29, 0.717) is 12.8 Å². The second kappa shape index (κ2) is 7.02. The van der Waals surface area contributed by atoms with E-state index in [-0.39, 0.29) is 25.2 Å². The number of unbranched alkanes of at least 4 members (excludes halogenated alkanes) is 1. The van der Waals surface area contributed by atoms with Gasteiger partial charge in [-0.05, 0) is 19.3 Å². The van der Waals surface area contributed by atoms with E-state index in [1.165, 1.54) is 0 Å². The van der Waals surface area contributed by atoms with Crippen molar-refractivity contribution in [2.24, 2.45) is 5.92 Å². The maximum atomic E-state index is 11.8. The molecule has 0 spiro atoms. The van der Waals surface area contributed by atoms with Crippen LogP contribution in [0.2, 0.25) is 0 Å². The van der Waals surface area contributed by atoms with Crippen molar-refractivity contribution >= 4 is 15.8 Å². The van der Waals surface area contributed by atoms with Crippen LogP contribution in [0, 0.1) is 5.92 Å². The average molecular weight is 292 g/mol. The Bertz CT molecular complexity index is 428. The van der Waals surface area contributed by atoms with Crippen LogP contribution < -0.4 is 0 Å². The van der Waals surface area contributed by atoms with Crippen LogP contribution in [0.25, 0.3) is 0 Å². The molecule has 110 valence electrons. The van der Waals surface area contributed by atoms with E-state index in [4.69, 9.17) is 10.2 Å². The summed E-state index contributed by atoms with van der Waals surface area (Å²) in [5, 5.41) is 26.4. The van der Waals surface area contributed by atoms with E-state index in [9.17, 15) is 18.3 Å². The number of hydrogen-bond acceptors (Lipinski definition) is 5. The molecular formula is C12H20O6S. The van der Waals surface area contributed by atoms with Gasteiger partial charge in [0, 0.05) is 18.9 Å². The first-order chi connectivity index (χ1) is 8.88. The zero-order valence-corrected chi connectivity index (χ0v) is 11.4. The predicted molar refractivity (Wildman–Crippen MR) is 69.4 cm³/mol. The molecule has 0 aliphatic carbocycles. The highest BCUT2D eigenvalue weighted by atomic mass is 32.2. The average Bonchev–Trinajstić information content (AvgIpc) is 2.52. The molecule has 6 nitrogen and oxygen atoms in total. The molecule has 0 aromatic rings. The molecule has 1 aliphatic heterocycles. The van der Waals surface area contributed by atoms with Gasteiger partial charge in [0.05, 0.1) is 17.1 Å². The van der Waals surface area contributed by atoms with E-state index in [2.05, 4.69) is 0 Å². The van der Waals surface area contributed by atoms with Gasteiger partial charge >= 0.3 is 5.97 Å². The van der Waals surface area contributed by atoms with Crippen molar-refractivity contribution in [1.29, 1.82) is 0 Å². The first-order valence-electron chi connectivity index (χ1n) is 6.25. The van der Waals surface area contributed by atoms with Crippen molar-refractivity contribution in [2.75, 3.05) is 12.4 Å². The fraction of sp³-hybridized carbons (Fsp3) is 0.750. The minimum atomic E-state index is -3.36. The second-order valence-electron chi connectivity index (χ2n) is 4.77. The lowest BCUT2D eigenvalue weighted by Gasteiger charge is -2.16. The lowest BCUT2D eigenvalue weighted by atomic mass is 9.98. The molecule has 1 heterocycles. The molecule has 19 heavy (non-hydrogen) atoms. The third kappa shape index (κ3) is 4.59. The Morgan fingerprint density at radius 3 is 2.58 bits per heavy atom. The lowest BCUT2D eigenvalue weighted by molar-refractivity contribution is -0.137. The van der Waals surface area contributed by atoms with Crippen molar-refractivity contribution in [3.05, 3.63) is 12.2 Å². The number of carboxylic acids is 1. The van der Waals surface area contributed by atoms with Crippen molar-refractivity contribution in [1.82, 2.24) is 0 Å². The van der Waals surface area contributed by atoms with Crippen LogP contribution in [0.15, 0.2) is 12.2 Å². The maximum absolute atomic E-state index is 11.8. The lowest BCUT2D eigenvalue weighted by Crippen LogP contribution is -2.28. The Morgan fingerprint density at radius 1 is 1.32 bits per heavy atom. The van der Waals surface area contributed by atoms with Crippen LogP contribution in [0.5, 0.6) is 0 Å². The predicted octanol–water partition coefficient (Wildman–Crippen LogP) is -0.0460. The van der Waals surface area contributed by atoms with Crippen molar-refractivity contribution in [3.8, 4) is 0 Å². The summed E-state index contributed by atoms with van der Waals surface area (Å²) in [6, 6.07) is 0. The summed E-state index contributed by atoms with van der Waals surface area (Å²) < 4.78 is 23.5. The highest BCUT2D eigenvalue weighted by molar-refractivity contribution is 7.92. The van der Waals surface area contributed by atoms with Crippen LogP contribution >= 0.6 is 0 Å². The van der Waals surface area contributed by atoms with Gasteiger partial charge in [-0.1, -0.05) is 12.2 Å². The van der Waals surface area contributed by atoms with Gasteiger partial charge < -0.3 is 15.3 Å². The Balaban J connectivity index is 2.46. The number of aliphatic hydroxyl groups excluding tert-OH is 2. The normalized spacial score (nSPS) is 29.9. The topological polar surface area (TPSA) is 112 Å². The number of carboxylic acid groups (broad SMARTS) is 1. The number of hydrogen-bond donors (Lipinski definition) is 3. The first kappa shape index (κ1) is 16.1. The zero-order valence-electron chi connectivity index (χ0n) is 10.6. The SMILES string of the molecule is O=C(O)CCCC=CC[C@H]1[C@@H](CO)C(O)CS1(=O)=O. The van der Waals surface area contributed by atoms with E-state index in [1.54, 1.807) is 12.2 Å². The van der Waals surface area contributed by atoms with Crippen LogP contribution in [0.1, 0.15) is 25.7 Å². The highest BCUT2D eigenvalue weighted by Gasteiger charge is 2.45. The van der Waals surface area contributed by atoms with Crippen LogP contribution in [0.3, 0.4) is 0 Å². The molecule has 1 saturated heterocycles. The van der Waals surface area contributed by atoms with Gasteiger partial charge in [0.15, 0.2) is 9.84 Å². The number of sulfone groups is 1. The Labute approximate surface area is 112 Å². The van der Waals surface area contributed by atoms with Gasteiger partial charge in [-0.25, -0.2) is 8.42 Å². The van der Waals surface area contributed by atoms with E-state index in [0.717, 1.165) is 0 Å². The summed E-state index contributed by atoms with van der Waals surface area (Å²) >= 11 is 0. The smallest absolute Gasteiger partial charge is 0.303 e. The molecule has 1 unspecified atom stereocenters. The second-order valence-corrected chi connectivity index (χ2v) is 7.04. The molecule has 0 saturated carbocycles. The fourth-order valence-corrected chi connectivity index (χ4v) is 4.45. The highest BCUT2D eigenvalue weighted by Crippen LogP contribution is 2.29. The Hall–Kier alpha value is -0.920. The maximum Gasteiger partial charge on any atom is 0.303 e. The largest absolute Gasteiger partial charge is 0.481 e. The number of aliphatic hydroxyl groups is 2. The molecule has 3 atom stereocenters. The molecule has 0 amide bonds. The van der Waals surface area contributed by atoms with Crippen molar-refractivity contribution < 1.29 is 28.5 Å². The van der Waals surface area contributed by atoms with Gasteiger partial charge in [-0.2, -0.15) is 0 Å². The van der Waals surface area contributed by atoms with Gasteiger partial charge in [-0.3, -0.25) is 4.79 Å². The van der Waals surface area contributed by atoms with E-state index < -0.39 is 33.1 Å². The summed E-state index contributed by atoms with van der Waals surface area (Å²) in [5.41, 5.74) is 0. The monoisotopic (exact) mass is 292 g/mol. The van der Waals surface area contributed by atoms with Gasteiger partial charge in [0.25, 0.3) is 0 Å². The van der Waals surface area contributed by atoms with Crippen LogP contribution in [-0.2, 0) is 14.6 Å². The van der Waals surface area contributed by atoms with E-state index in [1.807, 2.05) is 0 Å². The van der Waals surface area contributed by atoms with Gasteiger partial charge in [-0.15, -0.1) is 0 Å². The van der Waals surface area contributed by atoms with Crippen molar-refractivity contribution in [3.63, 3.8) is 0 Å². The summed E-state index contributed by atoms with van der Waals surface area (Å²) in [6.07, 6.45) is 3.85. The minimum absolute atomic E-state index is 0.0873. The minimum Gasteiger partial charge on any atom is -0.481 e. The molecule has 0 bridgehead atoms. The number of allylic oxidation sites excluding steroid dienone is 2. The van der Waals surface area contributed by atoms with Gasteiger partial charge in [0.2, 0.25) is 0 Å². The fourth-order valence-electron chi connectivity index (χ4n) is 2.28. The first-order valence-corrected chi connectivity index (χ1v) is 7.97. The van der Waals surface area contributed by atoms with Crippen LogP contribution in [-0.4, -0.2) is 53.4 Å². The Morgan fingerprint density at radius 2 is 2.00 bits per heavy atom. The van der Waals surface area contributed by atoms with Crippen molar-refractivity contribution in [2.45, 2.75) is 37.0 Å². The summed E-state index contributed by atoms with van der Waals surface area (Å²) in [7, 11) is -3.36. The Kier molecular flexibility index (Phi) is 5.96. The molecule has 7 heteroatoms. The van der Waals surface area contributed by atoms with E-state index >= 15 is 0 Å². The standard InChI is InChI=1S/C12H20O6S/c13-7-9-10(14)8-19(17,18)11(9)5-3-1-2-4-6-12(15)16/h1,3,9-11,13-14H,2,4-8H2,(H,15,16)/t9-,10?,11-/m0/s1. The summed E-state index contributed by atoms with van der Waals surface area (Å²) in [6.45, 7) is -0.349. The molecule has 3 N–H and O–H groups in total. The molecule has 0 radical (unpaired) electrons. The molecule has 1 fully saturated rings. The molecular weight excluding hydrogens is 272 g/mol. The number of carbonyl (C=O) groups is 1. The molecule has 1 rings (SSSR count). The number of aliphatic carboxylic acids is 1. The molecule has 0 aromatic heterocycles. The quantitative estimate of drug-likeness (QED) is 0.448. The third-order valence-corrected chi connectivity index (χ3v) is 5.61. The summed E-state index contributed by atoms with van der Waals surface area (Å²) in [4.78, 5) is 10.3.